The standard InChI is InChI=1S/C17H29N2O4PS/c1-5-23-24(22,12-14(2)3)13-15(16(20)21)8-6-7-11-25-17-18-9-10-19(17)4/h8-10,14H,5-7,11-13H2,1-4H3,(H,20,21)/p-1/b15-8+. The lowest BCUT2D eigenvalue weighted by Crippen LogP contribution is -2.27. The summed E-state index contributed by atoms with van der Waals surface area (Å²) in [5.41, 5.74) is 0.0828. The minimum Gasteiger partial charge on any atom is -0.545 e. The number of nitrogens with zero attached hydrogens (tertiary/aromatic N) is 2. The summed E-state index contributed by atoms with van der Waals surface area (Å²) in [5, 5.41) is 12.3. The smallest absolute Gasteiger partial charge is 0.207 e. The molecule has 6 nitrogen and oxygen atoms in total. The van der Waals surface area contributed by atoms with Gasteiger partial charge in [0.2, 0.25) is 7.37 Å². The van der Waals surface area contributed by atoms with E-state index in [1.165, 1.54) is 0 Å². The summed E-state index contributed by atoms with van der Waals surface area (Å²) in [6, 6.07) is 0. The zero-order chi connectivity index (χ0) is 18.9. The van der Waals surface area contributed by atoms with Crippen LogP contribution in [0.4, 0.5) is 0 Å². The number of allylic oxidation sites excluding steroid dienone is 1. The van der Waals surface area contributed by atoms with Crippen molar-refractivity contribution in [3.63, 3.8) is 0 Å². The molecule has 0 aliphatic rings. The third kappa shape index (κ3) is 8.25. The van der Waals surface area contributed by atoms with Gasteiger partial charge in [-0.1, -0.05) is 31.7 Å². The normalized spacial score (nSPS) is 14.7. The van der Waals surface area contributed by atoms with Gasteiger partial charge in [0.1, 0.15) is 0 Å². The second-order valence-electron chi connectivity index (χ2n) is 6.30. The van der Waals surface area contributed by atoms with E-state index in [4.69, 9.17) is 4.52 Å². The van der Waals surface area contributed by atoms with Crippen LogP contribution in [0.2, 0.25) is 0 Å². The molecule has 1 atom stereocenters. The molecule has 0 saturated heterocycles. The lowest BCUT2D eigenvalue weighted by atomic mass is 10.2. The highest BCUT2D eigenvalue weighted by molar-refractivity contribution is 7.99. The zero-order valence-electron chi connectivity index (χ0n) is 15.4. The van der Waals surface area contributed by atoms with Gasteiger partial charge in [0.05, 0.1) is 18.7 Å². The van der Waals surface area contributed by atoms with E-state index in [0.717, 1.165) is 17.3 Å². The molecule has 0 fully saturated rings. The summed E-state index contributed by atoms with van der Waals surface area (Å²) in [6.07, 6.45) is 6.97. The maximum Gasteiger partial charge on any atom is 0.207 e. The summed E-state index contributed by atoms with van der Waals surface area (Å²) in [4.78, 5) is 15.6. The molecular formula is C17H28N2O4PS-. The number of imidazole rings is 1. The maximum atomic E-state index is 12.9. The van der Waals surface area contributed by atoms with E-state index in [1.54, 1.807) is 31.0 Å². The zero-order valence-corrected chi connectivity index (χ0v) is 17.1. The summed E-state index contributed by atoms with van der Waals surface area (Å²) < 4.78 is 20.2. The van der Waals surface area contributed by atoms with Crippen LogP contribution in [0, 0.1) is 5.92 Å². The molecule has 1 aromatic rings. The van der Waals surface area contributed by atoms with Crippen molar-refractivity contribution < 1.29 is 19.0 Å². The van der Waals surface area contributed by atoms with Crippen LogP contribution in [0.1, 0.15) is 33.6 Å². The fourth-order valence-corrected chi connectivity index (χ4v) is 6.02. The highest BCUT2D eigenvalue weighted by Crippen LogP contribution is 2.49. The molecule has 0 aliphatic heterocycles. The van der Waals surface area contributed by atoms with E-state index >= 15 is 0 Å². The molecule has 0 aliphatic carbocycles. The summed E-state index contributed by atoms with van der Waals surface area (Å²) >= 11 is 1.62. The van der Waals surface area contributed by atoms with Crippen LogP contribution in [-0.4, -0.2) is 40.2 Å². The number of carboxylic acids is 1. The fraction of sp³-hybridized carbons (Fsp3) is 0.647. The molecule has 25 heavy (non-hydrogen) atoms. The predicted octanol–water partition coefficient (Wildman–Crippen LogP) is 2.94. The lowest BCUT2D eigenvalue weighted by Gasteiger charge is -2.21. The Morgan fingerprint density at radius 2 is 2.24 bits per heavy atom. The SMILES string of the molecule is CCOP(=O)(C/C(=C\CCCSc1nccn1C)C(=O)[O-])CC(C)C. The molecule has 0 radical (unpaired) electrons. The number of carbonyl (C=O) groups is 1. The van der Waals surface area contributed by atoms with E-state index in [9.17, 15) is 14.5 Å². The summed E-state index contributed by atoms with van der Waals surface area (Å²) in [5.74, 6) is -0.258. The monoisotopic (exact) mass is 387 g/mol. The van der Waals surface area contributed by atoms with E-state index < -0.39 is 13.3 Å². The van der Waals surface area contributed by atoms with Crippen LogP contribution in [-0.2, 0) is 20.9 Å². The van der Waals surface area contributed by atoms with Gasteiger partial charge in [0, 0.05) is 31.4 Å². The van der Waals surface area contributed by atoms with Crippen molar-refractivity contribution in [1.29, 1.82) is 0 Å². The predicted molar refractivity (Wildman–Crippen MR) is 100 cm³/mol. The van der Waals surface area contributed by atoms with Crippen molar-refractivity contribution in [2.24, 2.45) is 13.0 Å². The fourth-order valence-electron chi connectivity index (χ4n) is 2.44. The molecule has 8 heteroatoms. The van der Waals surface area contributed by atoms with Gasteiger partial charge < -0.3 is 19.0 Å². The number of unbranched alkanes of at least 4 members (excludes halogenated alkanes) is 1. The van der Waals surface area contributed by atoms with Gasteiger partial charge in [0.15, 0.2) is 5.16 Å². The third-order valence-corrected chi connectivity index (χ3v) is 7.41. The molecule has 0 saturated carbocycles. The van der Waals surface area contributed by atoms with Crippen LogP contribution in [0.3, 0.4) is 0 Å². The van der Waals surface area contributed by atoms with Gasteiger partial charge in [-0.25, -0.2) is 4.98 Å². The largest absolute Gasteiger partial charge is 0.545 e. The highest BCUT2D eigenvalue weighted by Gasteiger charge is 2.25. The number of carboxylic acid groups (broad SMARTS) is 1. The molecule has 1 heterocycles. The Morgan fingerprint density at radius 1 is 1.52 bits per heavy atom. The summed E-state index contributed by atoms with van der Waals surface area (Å²) in [7, 11) is -1.06. The number of aromatic nitrogens is 2. The minimum atomic E-state index is -2.99. The Kier molecular flexibility index (Phi) is 9.54. The Bertz CT molecular complexity index is 628. The Hall–Kier alpha value is -1.04. The third-order valence-electron chi connectivity index (χ3n) is 3.43. The average molecular weight is 387 g/mol. The molecule has 1 rings (SSSR count). The topological polar surface area (TPSA) is 84.2 Å². The quantitative estimate of drug-likeness (QED) is 0.237. The molecular weight excluding hydrogens is 359 g/mol. The van der Waals surface area contributed by atoms with Crippen LogP contribution in [0.15, 0.2) is 29.2 Å². The first kappa shape index (κ1) is 22.0. The number of hydrogen-bond acceptors (Lipinski definition) is 6. The average Bonchev–Trinajstić information content (AvgIpc) is 2.90. The second-order valence-corrected chi connectivity index (χ2v) is 9.93. The number of aliphatic carboxylic acids is 1. The first-order chi connectivity index (χ1) is 11.8. The maximum absolute atomic E-state index is 12.9. The van der Waals surface area contributed by atoms with E-state index in [1.807, 2.05) is 31.7 Å². The van der Waals surface area contributed by atoms with Crippen LogP contribution >= 0.6 is 19.1 Å². The second kappa shape index (κ2) is 10.8. The van der Waals surface area contributed by atoms with E-state index in [0.29, 0.717) is 19.2 Å². The van der Waals surface area contributed by atoms with Crippen molar-refractivity contribution in [3.8, 4) is 0 Å². The lowest BCUT2D eigenvalue weighted by molar-refractivity contribution is -0.299. The van der Waals surface area contributed by atoms with E-state index in [2.05, 4.69) is 4.98 Å². The van der Waals surface area contributed by atoms with E-state index in [-0.39, 0.29) is 17.7 Å². The van der Waals surface area contributed by atoms with Crippen molar-refractivity contribution in [2.45, 2.75) is 38.8 Å². The number of thioether (sulfide) groups is 1. The highest BCUT2D eigenvalue weighted by atomic mass is 32.2. The number of hydrogen-bond donors (Lipinski definition) is 0. The molecule has 0 spiro atoms. The Morgan fingerprint density at radius 3 is 2.76 bits per heavy atom. The van der Waals surface area contributed by atoms with Gasteiger partial charge in [-0.15, -0.1) is 0 Å². The van der Waals surface area contributed by atoms with Gasteiger partial charge in [-0.2, -0.15) is 0 Å². The van der Waals surface area contributed by atoms with Crippen molar-refractivity contribution in [3.05, 3.63) is 24.0 Å². The van der Waals surface area contributed by atoms with Crippen LogP contribution < -0.4 is 5.11 Å². The Labute approximate surface area is 154 Å². The first-order valence-electron chi connectivity index (χ1n) is 8.50. The molecule has 0 bridgehead atoms. The van der Waals surface area contributed by atoms with Gasteiger partial charge in [0.25, 0.3) is 0 Å². The molecule has 142 valence electrons. The van der Waals surface area contributed by atoms with Gasteiger partial charge in [-0.3, -0.25) is 4.57 Å². The molecule has 0 N–H and O–H groups in total. The summed E-state index contributed by atoms with van der Waals surface area (Å²) in [6.45, 7) is 5.97. The van der Waals surface area contributed by atoms with Crippen LogP contribution in [0.25, 0.3) is 0 Å². The van der Waals surface area contributed by atoms with Crippen molar-refractivity contribution in [1.82, 2.24) is 9.55 Å². The first-order valence-corrected chi connectivity index (χ1v) is 11.5. The molecule has 1 unspecified atom stereocenters. The number of rotatable bonds is 12. The van der Waals surface area contributed by atoms with Crippen molar-refractivity contribution in [2.75, 3.05) is 24.7 Å². The molecule has 0 aromatic carbocycles. The van der Waals surface area contributed by atoms with Crippen molar-refractivity contribution >= 4 is 25.1 Å². The molecule has 0 amide bonds. The number of aryl methyl sites for hydroxylation is 1. The minimum absolute atomic E-state index is 0.0616. The molecule has 1 aromatic heterocycles. The Balaban J connectivity index is 2.59. The van der Waals surface area contributed by atoms with Crippen LogP contribution in [0.5, 0.6) is 0 Å². The van der Waals surface area contributed by atoms with Gasteiger partial charge >= 0.3 is 0 Å². The van der Waals surface area contributed by atoms with Gasteiger partial charge in [-0.05, 0) is 31.3 Å². The number of carbonyl (C=O) groups excluding carboxylic acids is 1.